The number of aromatic hydroxyl groups is 1. The Bertz CT molecular complexity index is 1480. The zero-order valence-electron chi connectivity index (χ0n) is 22.3. The normalized spacial score (nSPS) is 12.1. The second-order valence-electron chi connectivity index (χ2n) is 9.54. The summed E-state index contributed by atoms with van der Waals surface area (Å²) in [4.78, 5) is 42.2. The number of rotatable bonds is 11. The van der Waals surface area contributed by atoms with Crippen LogP contribution >= 0.6 is 0 Å². The summed E-state index contributed by atoms with van der Waals surface area (Å²) in [5.41, 5.74) is 14.8. The SMILES string of the molecule is NC(=O)NCc1ccc(CNC(=O)C(Cc2ccnc(N)c2)NC(=O)C(c2ccccc2)c2ccc(O)cc2)cc1. The molecule has 10 nitrogen and oxygen atoms in total. The summed E-state index contributed by atoms with van der Waals surface area (Å²) in [7, 11) is 0. The highest BCUT2D eigenvalue weighted by molar-refractivity contribution is 5.92. The molecule has 0 aliphatic rings. The molecule has 3 aromatic carbocycles. The Morgan fingerprint density at radius 3 is 1.98 bits per heavy atom. The molecular weight excluding hydrogens is 520 g/mol. The number of hydrogen-bond donors (Lipinski definition) is 6. The van der Waals surface area contributed by atoms with Crippen molar-refractivity contribution in [1.29, 1.82) is 0 Å². The topological polar surface area (TPSA) is 172 Å². The van der Waals surface area contributed by atoms with Crippen LogP contribution in [0.25, 0.3) is 0 Å². The van der Waals surface area contributed by atoms with Crippen molar-refractivity contribution in [3.63, 3.8) is 0 Å². The monoisotopic (exact) mass is 552 g/mol. The van der Waals surface area contributed by atoms with Crippen LogP contribution in [0.1, 0.15) is 33.7 Å². The number of hydrogen-bond acceptors (Lipinski definition) is 6. The third-order valence-corrected chi connectivity index (χ3v) is 6.50. The van der Waals surface area contributed by atoms with E-state index in [0.717, 1.165) is 22.3 Å². The van der Waals surface area contributed by atoms with E-state index >= 15 is 0 Å². The molecule has 4 rings (SSSR count). The van der Waals surface area contributed by atoms with Gasteiger partial charge in [0.05, 0.1) is 5.92 Å². The molecule has 2 unspecified atom stereocenters. The van der Waals surface area contributed by atoms with E-state index in [0.29, 0.717) is 17.9 Å². The molecule has 4 amide bonds. The number of primary amides is 1. The molecule has 0 bridgehead atoms. The number of carbonyl (C=O) groups excluding carboxylic acids is 3. The number of carbonyl (C=O) groups is 3. The molecule has 10 heteroatoms. The van der Waals surface area contributed by atoms with E-state index < -0.39 is 18.0 Å². The fourth-order valence-corrected chi connectivity index (χ4v) is 4.41. The van der Waals surface area contributed by atoms with Crippen molar-refractivity contribution >= 4 is 23.7 Å². The third kappa shape index (κ3) is 8.30. The average Bonchev–Trinajstić information content (AvgIpc) is 2.97. The lowest BCUT2D eigenvalue weighted by atomic mass is 9.90. The Morgan fingerprint density at radius 2 is 1.37 bits per heavy atom. The number of urea groups is 1. The average molecular weight is 553 g/mol. The molecule has 0 aliphatic carbocycles. The second-order valence-corrected chi connectivity index (χ2v) is 9.54. The van der Waals surface area contributed by atoms with Crippen LogP contribution in [0.4, 0.5) is 10.6 Å². The number of amides is 4. The minimum Gasteiger partial charge on any atom is -0.508 e. The quantitative estimate of drug-likeness (QED) is 0.167. The van der Waals surface area contributed by atoms with Gasteiger partial charge in [-0.2, -0.15) is 0 Å². The summed E-state index contributed by atoms with van der Waals surface area (Å²) in [5, 5.41) is 18.2. The van der Waals surface area contributed by atoms with Crippen molar-refractivity contribution in [1.82, 2.24) is 20.9 Å². The number of nitrogens with one attached hydrogen (secondary N) is 3. The van der Waals surface area contributed by atoms with E-state index in [1.165, 1.54) is 12.1 Å². The van der Waals surface area contributed by atoms with Gasteiger partial charge in [-0.25, -0.2) is 9.78 Å². The Morgan fingerprint density at radius 1 is 0.756 bits per heavy atom. The minimum absolute atomic E-state index is 0.0886. The molecule has 8 N–H and O–H groups in total. The summed E-state index contributed by atoms with van der Waals surface area (Å²) in [5.74, 6) is -1.05. The summed E-state index contributed by atoms with van der Waals surface area (Å²) >= 11 is 0. The van der Waals surface area contributed by atoms with E-state index in [1.54, 1.807) is 30.5 Å². The Kier molecular flexibility index (Phi) is 9.50. The molecule has 0 aliphatic heterocycles. The van der Waals surface area contributed by atoms with E-state index in [-0.39, 0.29) is 30.5 Å². The number of pyridine rings is 1. The molecule has 41 heavy (non-hydrogen) atoms. The Balaban J connectivity index is 1.53. The zero-order chi connectivity index (χ0) is 29.2. The molecule has 0 radical (unpaired) electrons. The lowest BCUT2D eigenvalue weighted by molar-refractivity contribution is -0.129. The first-order valence-corrected chi connectivity index (χ1v) is 13.0. The number of nitrogens with two attached hydrogens (primary N) is 2. The largest absolute Gasteiger partial charge is 0.508 e. The molecule has 0 saturated carbocycles. The van der Waals surface area contributed by atoms with Crippen LogP contribution in [0.5, 0.6) is 5.75 Å². The van der Waals surface area contributed by atoms with Gasteiger partial charge in [-0.1, -0.05) is 66.7 Å². The van der Waals surface area contributed by atoms with Crippen LogP contribution in [0, 0.1) is 0 Å². The molecule has 2 atom stereocenters. The maximum Gasteiger partial charge on any atom is 0.312 e. The Labute approximate surface area is 237 Å². The predicted molar refractivity (Wildman–Crippen MR) is 155 cm³/mol. The van der Waals surface area contributed by atoms with Crippen LogP contribution in [0.3, 0.4) is 0 Å². The van der Waals surface area contributed by atoms with Crippen LogP contribution in [-0.2, 0) is 29.1 Å². The van der Waals surface area contributed by atoms with Gasteiger partial charge < -0.3 is 32.5 Å². The minimum atomic E-state index is -0.910. The third-order valence-electron chi connectivity index (χ3n) is 6.50. The molecule has 1 heterocycles. The maximum atomic E-state index is 13.8. The highest BCUT2D eigenvalue weighted by Crippen LogP contribution is 2.27. The summed E-state index contributed by atoms with van der Waals surface area (Å²) in [6, 6.07) is 24.9. The van der Waals surface area contributed by atoms with Crippen LogP contribution < -0.4 is 27.4 Å². The zero-order valence-corrected chi connectivity index (χ0v) is 22.3. The lowest BCUT2D eigenvalue weighted by Crippen LogP contribution is -2.49. The van der Waals surface area contributed by atoms with Gasteiger partial charge in [0.15, 0.2) is 0 Å². The number of phenols is 1. The number of nitrogens with zero attached hydrogens (tertiary/aromatic N) is 1. The van der Waals surface area contributed by atoms with Gasteiger partial charge in [0.1, 0.15) is 17.6 Å². The first-order valence-electron chi connectivity index (χ1n) is 13.0. The van der Waals surface area contributed by atoms with Crippen molar-refractivity contribution in [3.8, 4) is 5.75 Å². The van der Waals surface area contributed by atoms with Gasteiger partial charge in [0.2, 0.25) is 11.8 Å². The van der Waals surface area contributed by atoms with Crippen LogP contribution in [0.2, 0.25) is 0 Å². The van der Waals surface area contributed by atoms with Crippen molar-refractivity contribution < 1.29 is 19.5 Å². The van der Waals surface area contributed by atoms with E-state index in [4.69, 9.17) is 11.5 Å². The molecule has 210 valence electrons. The van der Waals surface area contributed by atoms with E-state index in [9.17, 15) is 19.5 Å². The molecule has 0 spiro atoms. The summed E-state index contributed by atoms with van der Waals surface area (Å²) < 4.78 is 0. The first-order chi connectivity index (χ1) is 19.8. The fourth-order valence-electron chi connectivity index (χ4n) is 4.41. The summed E-state index contributed by atoms with van der Waals surface area (Å²) in [6.07, 6.45) is 1.75. The molecule has 4 aromatic rings. The number of nitrogen functional groups attached to an aromatic ring is 1. The molecule has 0 saturated heterocycles. The second kappa shape index (κ2) is 13.6. The van der Waals surface area contributed by atoms with Gasteiger partial charge in [-0.05, 0) is 52.1 Å². The summed E-state index contributed by atoms with van der Waals surface area (Å²) in [6.45, 7) is 0.530. The number of benzene rings is 3. The maximum absolute atomic E-state index is 13.8. The highest BCUT2D eigenvalue weighted by Gasteiger charge is 2.28. The number of anilines is 1. The first kappa shape index (κ1) is 28.6. The van der Waals surface area contributed by atoms with Crippen molar-refractivity contribution in [2.45, 2.75) is 31.5 Å². The number of aromatic nitrogens is 1. The molecular formula is C31H32N6O4. The van der Waals surface area contributed by atoms with Gasteiger partial charge in [-0.15, -0.1) is 0 Å². The van der Waals surface area contributed by atoms with Gasteiger partial charge in [0, 0.05) is 25.7 Å². The fraction of sp³-hybridized carbons (Fsp3) is 0.161. The molecule has 0 fully saturated rings. The predicted octanol–water partition coefficient (Wildman–Crippen LogP) is 2.71. The highest BCUT2D eigenvalue weighted by atomic mass is 16.3. The van der Waals surface area contributed by atoms with Crippen molar-refractivity contribution in [2.24, 2.45) is 5.73 Å². The van der Waals surface area contributed by atoms with E-state index in [1.807, 2.05) is 54.6 Å². The van der Waals surface area contributed by atoms with Gasteiger partial charge in [0.25, 0.3) is 0 Å². The van der Waals surface area contributed by atoms with E-state index in [2.05, 4.69) is 20.9 Å². The van der Waals surface area contributed by atoms with Crippen molar-refractivity contribution in [3.05, 3.63) is 125 Å². The van der Waals surface area contributed by atoms with Gasteiger partial charge in [-0.3, -0.25) is 9.59 Å². The van der Waals surface area contributed by atoms with Crippen LogP contribution in [-0.4, -0.2) is 34.0 Å². The van der Waals surface area contributed by atoms with Crippen molar-refractivity contribution in [2.75, 3.05) is 5.73 Å². The van der Waals surface area contributed by atoms with Crippen LogP contribution in [0.15, 0.2) is 97.2 Å². The lowest BCUT2D eigenvalue weighted by Gasteiger charge is -2.23. The smallest absolute Gasteiger partial charge is 0.312 e. The molecule has 1 aromatic heterocycles. The Hall–Kier alpha value is -5.38. The standard InChI is InChI=1S/C31H32N6O4/c32-27-17-22(14-15-34-27)16-26(29(39)35-18-20-6-8-21(9-7-20)19-36-31(33)41)37-30(40)28(23-4-2-1-3-5-23)24-10-12-25(38)13-11-24/h1-15,17,26,28,38H,16,18-19H2,(H2,32,34)(H,35,39)(H,37,40)(H3,33,36,41). The number of phenolic OH excluding ortho intramolecular Hbond substituents is 1. The van der Waals surface area contributed by atoms with Gasteiger partial charge >= 0.3 is 6.03 Å².